The van der Waals surface area contributed by atoms with Gasteiger partial charge in [0.15, 0.2) is 0 Å². The van der Waals surface area contributed by atoms with Crippen LogP contribution in [-0.4, -0.2) is 9.78 Å². The maximum atomic E-state index is 5.95. The van der Waals surface area contributed by atoms with Gasteiger partial charge < -0.3 is 5.32 Å². The van der Waals surface area contributed by atoms with E-state index < -0.39 is 0 Å². The van der Waals surface area contributed by atoms with Crippen molar-refractivity contribution in [2.75, 3.05) is 0 Å². The van der Waals surface area contributed by atoms with Crippen LogP contribution in [0.1, 0.15) is 49.8 Å². The van der Waals surface area contributed by atoms with Gasteiger partial charge in [0.25, 0.3) is 0 Å². The van der Waals surface area contributed by atoms with Crippen molar-refractivity contribution in [1.29, 1.82) is 0 Å². The van der Waals surface area contributed by atoms with E-state index in [-0.39, 0.29) is 0 Å². The van der Waals surface area contributed by atoms with Crippen molar-refractivity contribution in [3.63, 3.8) is 0 Å². The summed E-state index contributed by atoms with van der Waals surface area (Å²) in [4.78, 5) is 1.26. The molecule has 0 spiro atoms. The molecule has 0 saturated heterocycles. The first-order valence-corrected chi connectivity index (χ1v) is 7.82. The van der Waals surface area contributed by atoms with Gasteiger partial charge in [0.2, 0.25) is 0 Å². The molecular formula is C14H20ClN3S. The van der Waals surface area contributed by atoms with E-state index in [1.807, 2.05) is 10.7 Å². The Labute approximate surface area is 123 Å². The van der Waals surface area contributed by atoms with E-state index in [1.54, 1.807) is 11.3 Å². The van der Waals surface area contributed by atoms with Crippen LogP contribution in [0.5, 0.6) is 0 Å². The highest BCUT2D eigenvalue weighted by molar-refractivity contribution is 7.16. The zero-order valence-electron chi connectivity index (χ0n) is 11.6. The summed E-state index contributed by atoms with van der Waals surface area (Å²) in [6.07, 6.45) is 3.15. The van der Waals surface area contributed by atoms with Crippen molar-refractivity contribution in [3.05, 3.63) is 39.3 Å². The number of thiophene rings is 1. The molecule has 0 saturated carbocycles. The predicted molar refractivity (Wildman–Crippen MR) is 81.8 cm³/mol. The van der Waals surface area contributed by atoms with E-state index in [0.717, 1.165) is 23.0 Å². The molecule has 2 aromatic rings. The van der Waals surface area contributed by atoms with Crippen LogP contribution in [0.4, 0.5) is 0 Å². The molecule has 0 aliphatic heterocycles. The average Bonchev–Trinajstić information content (AvgIpc) is 3.04. The standard InChI is InChI=1S/C14H20ClN3S/c1-4-10(2)18-8-7-12(17-18)9-16-11(3)13-5-6-14(15)19-13/h5-8,10-11,16H,4,9H2,1-3H3. The third-order valence-corrected chi connectivity index (χ3v) is 4.73. The van der Waals surface area contributed by atoms with Crippen LogP contribution >= 0.6 is 22.9 Å². The SMILES string of the molecule is CCC(C)n1ccc(CNC(C)c2ccc(Cl)s2)n1. The molecule has 104 valence electrons. The normalized spacial score (nSPS) is 14.5. The van der Waals surface area contributed by atoms with Crippen LogP contribution in [0.25, 0.3) is 0 Å². The molecule has 19 heavy (non-hydrogen) atoms. The number of halogens is 1. The minimum absolute atomic E-state index is 0.297. The van der Waals surface area contributed by atoms with Gasteiger partial charge in [0.05, 0.1) is 10.0 Å². The van der Waals surface area contributed by atoms with Crippen LogP contribution in [-0.2, 0) is 6.54 Å². The molecule has 2 aromatic heterocycles. The third kappa shape index (κ3) is 3.81. The fourth-order valence-corrected chi connectivity index (χ4v) is 2.91. The Kier molecular flexibility index (Phi) is 5.02. The van der Waals surface area contributed by atoms with Crippen LogP contribution in [0, 0.1) is 0 Å². The Morgan fingerprint density at radius 3 is 2.79 bits per heavy atom. The number of rotatable bonds is 6. The molecule has 2 rings (SSSR count). The highest BCUT2D eigenvalue weighted by Gasteiger charge is 2.09. The van der Waals surface area contributed by atoms with Crippen molar-refractivity contribution >= 4 is 22.9 Å². The molecule has 3 nitrogen and oxygen atoms in total. The highest BCUT2D eigenvalue weighted by Crippen LogP contribution is 2.26. The summed E-state index contributed by atoms with van der Waals surface area (Å²) >= 11 is 7.57. The Hall–Kier alpha value is -0.840. The van der Waals surface area contributed by atoms with Gasteiger partial charge in [-0.25, -0.2) is 0 Å². The van der Waals surface area contributed by atoms with Gasteiger partial charge in [-0.3, -0.25) is 4.68 Å². The number of aromatic nitrogens is 2. The summed E-state index contributed by atoms with van der Waals surface area (Å²) in [6, 6.07) is 6.85. The topological polar surface area (TPSA) is 29.9 Å². The lowest BCUT2D eigenvalue weighted by atomic mass is 10.2. The van der Waals surface area contributed by atoms with Crippen LogP contribution < -0.4 is 5.32 Å². The van der Waals surface area contributed by atoms with Gasteiger partial charge in [-0.15, -0.1) is 11.3 Å². The van der Waals surface area contributed by atoms with E-state index in [1.165, 1.54) is 4.88 Å². The number of nitrogens with zero attached hydrogens (tertiary/aromatic N) is 2. The Bertz CT molecular complexity index is 520. The van der Waals surface area contributed by atoms with Crippen LogP contribution in [0.15, 0.2) is 24.4 Å². The predicted octanol–water partition coefficient (Wildman–Crippen LogP) is 4.42. The molecule has 2 unspecified atom stereocenters. The molecule has 0 fully saturated rings. The molecule has 0 aromatic carbocycles. The number of nitrogens with one attached hydrogen (secondary N) is 1. The fraction of sp³-hybridized carbons (Fsp3) is 0.500. The molecular weight excluding hydrogens is 278 g/mol. The van der Waals surface area contributed by atoms with E-state index in [0.29, 0.717) is 12.1 Å². The largest absolute Gasteiger partial charge is 0.304 e. The zero-order valence-corrected chi connectivity index (χ0v) is 13.1. The first kappa shape index (κ1) is 14.6. The minimum Gasteiger partial charge on any atom is -0.304 e. The van der Waals surface area contributed by atoms with Crippen molar-refractivity contribution in [2.24, 2.45) is 0 Å². The van der Waals surface area contributed by atoms with Gasteiger partial charge in [-0.2, -0.15) is 5.10 Å². The minimum atomic E-state index is 0.297. The van der Waals surface area contributed by atoms with Gasteiger partial charge >= 0.3 is 0 Å². The fourth-order valence-electron chi connectivity index (χ4n) is 1.82. The number of hydrogen-bond donors (Lipinski definition) is 1. The van der Waals surface area contributed by atoms with E-state index >= 15 is 0 Å². The second-order valence-corrected chi connectivity index (χ2v) is 6.54. The van der Waals surface area contributed by atoms with Crippen molar-refractivity contribution in [1.82, 2.24) is 15.1 Å². The molecule has 1 N–H and O–H groups in total. The van der Waals surface area contributed by atoms with E-state index in [9.17, 15) is 0 Å². The summed E-state index contributed by atoms with van der Waals surface area (Å²) in [6.45, 7) is 7.28. The second-order valence-electron chi connectivity index (χ2n) is 4.79. The first-order chi connectivity index (χ1) is 9.10. The van der Waals surface area contributed by atoms with Gasteiger partial charge in [0, 0.05) is 29.7 Å². The summed E-state index contributed by atoms with van der Waals surface area (Å²) < 4.78 is 2.87. The maximum Gasteiger partial charge on any atom is 0.0931 e. The molecule has 0 amide bonds. The second kappa shape index (κ2) is 6.55. The summed E-state index contributed by atoms with van der Waals surface area (Å²) in [5.41, 5.74) is 1.08. The Balaban J connectivity index is 1.90. The van der Waals surface area contributed by atoms with Gasteiger partial charge in [-0.05, 0) is 38.5 Å². The molecule has 2 heterocycles. The summed E-state index contributed by atoms with van der Waals surface area (Å²) in [5.74, 6) is 0. The van der Waals surface area contributed by atoms with E-state index in [2.05, 4.69) is 49.5 Å². The lowest BCUT2D eigenvalue weighted by molar-refractivity contribution is 0.468. The maximum absolute atomic E-state index is 5.95. The smallest absolute Gasteiger partial charge is 0.0931 e. The van der Waals surface area contributed by atoms with E-state index in [4.69, 9.17) is 11.6 Å². The van der Waals surface area contributed by atoms with Crippen molar-refractivity contribution in [2.45, 2.75) is 45.8 Å². The molecule has 5 heteroatoms. The van der Waals surface area contributed by atoms with Crippen LogP contribution in [0.2, 0.25) is 4.34 Å². The summed E-state index contributed by atoms with van der Waals surface area (Å²) in [5, 5.41) is 8.06. The van der Waals surface area contributed by atoms with Crippen LogP contribution in [0.3, 0.4) is 0 Å². The lowest BCUT2D eigenvalue weighted by Crippen LogP contribution is -2.17. The summed E-state index contributed by atoms with van der Waals surface area (Å²) in [7, 11) is 0. The highest BCUT2D eigenvalue weighted by atomic mass is 35.5. The molecule has 0 aliphatic carbocycles. The van der Waals surface area contributed by atoms with Crippen molar-refractivity contribution in [3.8, 4) is 0 Å². The number of hydrogen-bond acceptors (Lipinski definition) is 3. The van der Waals surface area contributed by atoms with Gasteiger partial charge in [0.1, 0.15) is 0 Å². The molecule has 0 bridgehead atoms. The monoisotopic (exact) mass is 297 g/mol. The molecule has 0 aliphatic rings. The average molecular weight is 298 g/mol. The van der Waals surface area contributed by atoms with Crippen molar-refractivity contribution < 1.29 is 0 Å². The zero-order chi connectivity index (χ0) is 13.8. The Morgan fingerprint density at radius 1 is 1.37 bits per heavy atom. The first-order valence-electron chi connectivity index (χ1n) is 6.62. The Morgan fingerprint density at radius 2 is 2.16 bits per heavy atom. The quantitative estimate of drug-likeness (QED) is 0.855. The molecule has 0 radical (unpaired) electrons. The van der Waals surface area contributed by atoms with Gasteiger partial charge in [-0.1, -0.05) is 18.5 Å². The molecule has 2 atom stereocenters. The lowest BCUT2D eigenvalue weighted by Gasteiger charge is -2.11. The third-order valence-electron chi connectivity index (χ3n) is 3.32.